The molecule has 11 heteroatoms. The average molecular weight is 576 g/mol. The predicted molar refractivity (Wildman–Crippen MR) is 152 cm³/mol. The van der Waals surface area contributed by atoms with Crippen LogP contribution in [0.15, 0.2) is 66.7 Å². The highest BCUT2D eigenvalue weighted by molar-refractivity contribution is 6.30. The largest absolute Gasteiger partial charge is 0.350 e. The number of Topliss-reactive ketones (excluding diaryl/α,β-unsaturated/α-hetero) is 1. The minimum Gasteiger partial charge on any atom is -0.350 e. The molecule has 0 radical (unpaired) electrons. The van der Waals surface area contributed by atoms with Gasteiger partial charge in [-0.1, -0.05) is 41.9 Å². The summed E-state index contributed by atoms with van der Waals surface area (Å²) in [6.45, 7) is 0.936. The van der Waals surface area contributed by atoms with Gasteiger partial charge in [-0.25, -0.2) is 4.39 Å². The van der Waals surface area contributed by atoms with Crippen molar-refractivity contribution in [2.45, 2.75) is 38.9 Å². The topological polar surface area (TPSA) is 113 Å². The zero-order chi connectivity index (χ0) is 29.1. The van der Waals surface area contributed by atoms with Gasteiger partial charge in [0.25, 0.3) is 5.91 Å². The molecular formula is C30H27ClFN5O4. The van der Waals surface area contributed by atoms with E-state index in [0.717, 1.165) is 12.8 Å². The fraction of sp³-hybridized carbons (Fsp3) is 0.233. The van der Waals surface area contributed by atoms with Gasteiger partial charge in [0.05, 0.1) is 17.1 Å². The Labute approximate surface area is 240 Å². The summed E-state index contributed by atoms with van der Waals surface area (Å²) in [5.74, 6) is -1.96. The van der Waals surface area contributed by atoms with E-state index in [1.165, 1.54) is 28.6 Å². The molecule has 210 valence electrons. The zero-order valence-corrected chi connectivity index (χ0v) is 23.0. The molecule has 5 rings (SSSR count). The number of fused-ring (bicyclic) bond motifs is 1. The third-order valence-corrected chi connectivity index (χ3v) is 7.08. The van der Waals surface area contributed by atoms with Gasteiger partial charge in [0.1, 0.15) is 18.1 Å². The smallest absolute Gasteiger partial charge is 0.255 e. The molecule has 1 heterocycles. The monoisotopic (exact) mass is 575 g/mol. The molecule has 41 heavy (non-hydrogen) atoms. The number of anilines is 1. The lowest BCUT2D eigenvalue weighted by Gasteiger charge is -2.22. The zero-order valence-electron chi connectivity index (χ0n) is 22.2. The molecule has 2 N–H and O–H groups in total. The lowest BCUT2D eigenvalue weighted by Crippen LogP contribution is -2.43. The summed E-state index contributed by atoms with van der Waals surface area (Å²) in [5.41, 5.74) is 1.92. The van der Waals surface area contributed by atoms with Crippen LogP contribution in [-0.2, 0) is 22.7 Å². The van der Waals surface area contributed by atoms with E-state index in [2.05, 4.69) is 15.7 Å². The van der Waals surface area contributed by atoms with Gasteiger partial charge in [0, 0.05) is 41.7 Å². The number of ketones is 1. The predicted octanol–water partition coefficient (Wildman–Crippen LogP) is 4.59. The lowest BCUT2D eigenvalue weighted by molar-refractivity contribution is -0.137. The normalized spacial score (nSPS) is 12.7. The Hall–Kier alpha value is -4.57. The highest BCUT2D eigenvalue weighted by atomic mass is 35.5. The Morgan fingerprint density at radius 1 is 1.05 bits per heavy atom. The molecular weight excluding hydrogens is 549 g/mol. The Kier molecular flexibility index (Phi) is 8.11. The number of benzene rings is 3. The van der Waals surface area contributed by atoms with Crippen LogP contribution >= 0.6 is 11.6 Å². The fourth-order valence-corrected chi connectivity index (χ4v) is 4.74. The fourth-order valence-electron chi connectivity index (χ4n) is 4.55. The van der Waals surface area contributed by atoms with Crippen molar-refractivity contribution in [1.29, 1.82) is 0 Å². The molecule has 9 nitrogen and oxygen atoms in total. The van der Waals surface area contributed by atoms with Crippen molar-refractivity contribution in [3.63, 3.8) is 0 Å². The van der Waals surface area contributed by atoms with E-state index in [1.54, 1.807) is 48.5 Å². The van der Waals surface area contributed by atoms with Crippen LogP contribution in [0, 0.1) is 5.82 Å². The van der Waals surface area contributed by atoms with Gasteiger partial charge in [-0.15, -0.1) is 0 Å². The second-order valence-electron chi connectivity index (χ2n) is 9.86. The quantitative estimate of drug-likeness (QED) is 0.269. The summed E-state index contributed by atoms with van der Waals surface area (Å²) >= 11 is 5.81. The second kappa shape index (κ2) is 11.9. The SMILES string of the molecule is CC(=O)c1nn(CC(=O)N(CC(=O)NCc2cccc(Cl)c2F)C2CC2)c2ccc(NC(=O)c3ccccc3)cc12. The van der Waals surface area contributed by atoms with Crippen LogP contribution < -0.4 is 10.6 Å². The van der Waals surface area contributed by atoms with Crippen LogP contribution in [0.5, 0.6) is 0 Å². The summed E-state index contributed by atoms with van der Waals surface area (Å²) in [5, 5.41) is 10.3. The van der Waals surface area contributed by atoms with Crippen molar-refractivity contribution in [3.8, 4) is 0 Å². The lowest BCUT2D eigenvalue weighted by atomic mass is 10.1. The van der Waals surface area contributed by atoms with E-state index in [9.17, 15) is 23.6 Å². The number of nitrogens with zero attached hydrogens (tertiary/aromatic N) is 3. The summed E-state index contributed by atoms with van der Waals surface area (Å²) in [4.78, 5) is 52.5. The maximum absolute atomic E-state index is 14.2. The van der Waals surface area contributed by atoms with Crippen LogP contribution in [-0.4, -0.2) is 50.8 Å². The van der Waals surface area contributed by atoms with Crippen LogP contribution in [0.1, 0.15) is 46.2 Å². The molecule has 1 aliphatic rings. The standard InChI is InChI=1S/C30H27ClFN5O4/c1-18(38)29-23-14-21(34-30(41)19-6-3-2-4-7-19)10-13-25(23)37(35-29)17-27(40)36(22-11-12-22)16-26(39)33-15-20-8-5-9-24(31)28(20)32/h2-10,13-14,22H,11-12,15-17H2,1H3,(H,33,39)(H,34,41). The number of hydrogen-bond acceptors (Lipinski definition) is 5. The van der Waals surface area contributed by atoms with E-state index in [4.69, 9.17) is 11.6 Å². The molecule has 0 bridgehead atoms. The summed E-state index contributed by atoms with van der Waals surface area (Å²) in [6, 6.07) is 18.2. The molecule has 0 atom stereocenters. The van der Waals surface area contributed by atoms with Crippen molar-refractivity contribution in [1.82, 2.24) is 20.0 Å². The molecule has 1 aliphatic carbocycles. The van der Waals surface area contributed by atoms with Gasteiger partial charge in [-0.2, -0.15) is 5.10 Å². The van der Waals surface area contributed by atoms with Crippen LogP contribution in [0.2, 0.25) is 5.02 Å². The Bertz CT molecular complexity index is 1650. The van der Waals surface area contributed by atoms with E-state index in [0.29, 0.717) is 22.2 Å². The van der Waals surface area contributed by atoms with Gasteiger partial charge in [0.15, 0.2) is 5.78 Å². The Morgan fingerprint density at radius 3 is 2.51 bits per heavy atom. The van der Waals surface area contributed by atoms with Crippen LogP contribution in [0.25, 0.3) is 10.9 Å². The molecule has 3 aromatic carbocycles. The molecule has 1 fully saturated rings. The van der Waals surface area contributed by atoms with Crippen LogP contribution in [0.3, 0.4) is 0 Å². The molecule has 1 aromatic heterocycles. The summed E-state index contributed by atoms with van der Waals surface area (Å²) in [7, 11) is 0. The number of carbonyl (C=O) groups excluding carboxylic acids is 4. The van der Waals surface area contributed by atoms with E-state index in [-0.39, 0.29) is 59.6 Å². The Balaban J connectivity index is 1.30. The highest BCUT2D eigenvalue weighted by Crippen LogP contribution is 2.28. The van der Waals surface area contributed by atoms with Gasteiger partial charge in [0.2, 0.25) is 11.8 Å². The average Bonchev–Trinajstić information content (AvgIpc) is 3.74. The maximum Gasteiger partial charge on any atom is 0.255 e. The first-order chi connectivity index (χ1) is 19.7. The molecule has 0 spiro atoms. The van der Waals surface area contributed by atoms with Crippen molar-refractivity contribution >= 4 is 51.7 Å². The molecule has 0 saturated heterocycles. The van der Waals surface area contributed by atoms with Crippen molar-refractivity contribution in [2.24, 2.45) is 0 Å². The third-order valence-electron chi connectivity index (χ3n) is 6.79. The van der Waals surface area contributed by atoms with Gasteiger partial charge >= 0.3 is 0 Å². The minimum absolute atomic E-state index is 0.0337. The number of rotatable bonds is 10. The van der Waals surface area contributed by atoms with E-state index >= 15 is 0 Å². The van der Waals surface area contributed by atoms with Crippen molar-refractivity contribution < 1.29 is 23.6 Å². The van der Waals surface area contributed by atoms with Crippen LogP contribution in [0.4, 0.5) is 10.1 Å². The molecule has 4 aromatic rings. The van der Waals surface area contributed by atoms with E-state index in [1.807, 2.05) is 6.07 Å². The summed E-state index contributed by atoms with van der Waals surface area (Å²) < 4.78 is 15.6. The molecule has 0 unspecified atom stereocenters. The van der Waals surface area contributed by atoms with E-state index < -0.39 is 11.7 Å². The first kappa shape index (κ1) is 28.0. The molecule has 0 aliphatic heterocycles. The number of amides is 3. The number of halogens is 2. The van der Waals surface area contributed by atoms with Gasteiger partial charge < -0.3 is 15.5 Å². The molecule has 3 amide bonds. The van der Waals surface area contributed by atoms with Gasteiger partial charge in [-0.05, 0) is 49.2 Å². The maximum atomic E-state index is 14.2. The highest BCUT2D eigenvalue weighted by Gasteiger charge is 2.34. The first-order valence-electron chi connectivity index (χ1n) is 13.1. The number of carbonyl (C=O) groups is 4. The van der Waals surface area contributed by atoms with Crippen molar-refractivity contribution in [2.75, 3.05) is 11.9 Å². The van der Waals surface area contributed by atoms with Gasteiger partial charge in [-0.3, -0.25) is 23.9 Å². The number of aromatic nitrogens is 2. The Morgan fingerprint density at radius 2 is 1.80 bits per heavy atom. The third kappa shape index (κ3) is 6.44. The number of hydrogen-bond donors (Lipinski definition) is 2. The number of nitrogens with one attached hydrogen (secondary N) is 2. The minimum atomic E-state index is -0.598. The van der Waals surface area contributed by atoms with Crippen molar-refractivity contribution in [3.05, 3.63) is 94.4 Å². The first-order valence-corrected chi connectivity index (χ1v) is 13.5. The summed E-state index contributed by atoms with van der Waals surface area (Å²) in [6.07, 6.45) is 1.54. The molecule has 1 saturated carbocycles. The second-order valence-corrected chi connectivity index (χ2v) is 10.3.